The third-order valence-electron chi connectivity index (χ3n) is 5.76. The summed E-state index contributed by atoms with van der Waals surface area (Å²) in [7, 11) is 0. The number of carbonyl (C=O) groups excluding carboxylic acids is 1. The lowest BCUT2D eigenvalue weighted by atomic mass is 9.97. The van der Waals surface area contributed by atoms with Crippen LogP contribution in [0.3, 0.4) is 0 Å². The molecule has 0 spiro atoms. The second-order valence-corrected chi connectivity index (χ2v) is 8.96. The van der Waals surface area contributed by atoms with Crippen molar-refractivity contribution >= 4 is 5.97 Å². The highest BCUT2D eigenvalue weighted by molar-refractivity contribution is 5.72. The van der Waals surface area contributed by atoms with Crippen LogP contribution in [0.2, 0.25) is 0 Å². The summed E-state index contributed by atoms with van der Waals surface area (Å²) in [6.07, 6.45) is 1.70. The summed E-state index contributed by atoms with van der Waals surface area (Å²) >= 11 is 0. The van der Waals surface area contributed by atoms with Crippen molar-refractivity contribution in [2.75, 3.05) is 13.2 Å². The van der Waals surface area contributed by atoms with Gasteiger partial charge in [0.25, 0.3) is 0 Å². The lowest BCUT2D eigenvalue weighted by Gasteiger charge is -2.23. The van der Waals surface area contributed by atoms with Gasteiger partial charge in [-0.05, 0) is 68.9 Å². The third kappa shape index (κ3) is 6.84. The van der Waals surface area contributed by atoms with E-state index < -0.39 is 0 Å². The largest absolute Gasteiger partial charge is 0.489 e. The molecule has 0 radical (unpaired) electrons. The molecule has 2 aromatic carbocycles. The van der Waals surface area contributed by atoms with Crippen molar-refractivity contribution < 1.29 is 19.0 Å². The summed E-state index contributed by atoms with van der Waals surface area (Å²) in [6.45, 7) is 21.2. The zero-order chi connectivity index (χ0) is 24.7. The highest BCUT2D eigenvalue weighted by Gasteiger charge is 2.21. The predicted molar refractivity (Wildman–Crippen MR) is 135 cm³/mol. The van der Waals surface area contributed by atoms with Crippen LogP contribution >= 0.6 is 0 Å². The van der Waals surface area contributed by atoms with E-state index in [9.17, 15) is 4.79 Å². The molecule has 33 heavy (non-hydrogen) atoms. The maximum atomic E-state index is 11.7. The number of aryl methyl sites for hydroxylation is 1. The van der Waals surface area contributed by atoms with Crippen molar-refractivity contribution in [2.45, 2.75) is 74.0 Å². The maximum absolute atomic E-state index is 11.7. The highest BCUT2D eigenvalue weighted by Crippen LogP contribution is 2.38. The van der Waals surface area contributed by atoms with E-state index in [2.05, 4.69) is 57.8 Å². The predicted octanol–water partition coefficient (Wildman–Crippen LogP) is 6.09. The molecule has 0 aliphatic heterocycles. The molecule has 0 aliphatic carbocycles. The summed E-state index contributed by atoms with van der Waals surface area (Å²) < 4.78 is 17.9. The number of esters is 1. The Labute approximate surface area is 199 Å². The Balaban J connectivity index is 2.21. The molecule has 1 atom stereocenters. The maximum Gasteiger partial charge on any atom is 0.308 e. The van der Waals surface area contributed by atoms with Crippen LogP contribution < -0.4 is 19.5 Å². The van der Waals surface area contributed by atoms with E-state index in [-0.39, 0.29) is 12.1 Å². The standard InChI is InChI=1S/C28H39NO4/c1-10-13-31-28-21(7)20(6)27(33-23(9)30)22(8)25(28)16-29-15-19(5)32-26-14-18(4)11-12-24(26)17(2)3/h10-12,14,17,19,29H,1,13,15-16H2,2-9H3. The third-order valence-corrected chi connectivity index (χ3v) is 5.76. The minimum Gasteiger partial charge on any atom is -0.489 e. The molecule has 1 N–H and O–H groups in total. The fourth-order valence-corrected chi connectivity index (χ4v) is 3.88. The number of rotatable bonds is 11. The highest BCUT2D eigenvalue weighted by atomic mass is 16.5. The number of hydrogen-bond donors (Lipinski definition) is 1. The number of hydrogen-bond acceptors (Lipinski definition) is 5. The molecule has 5 heteroatoms. The van der Waals surface area contributed by atoms with Crippen LogP contribution in [-0.4, -0.2) is 25.2 Å². The van der Waals surface area contributed by atoms with E-state index in [0.29, 0.717) is 31.4 Å². The minimum absolute atomic E-state index is 0.0263. The van der Waals surface area contributed by atoms with E-state index >= 15 is 0 Å². The van der Waals surface area contributed by atoms with Crippen molar-refractivity contribution in [3.8, 4) is 17.2 Å². The van der Waals surface area contributed by atoms with Crippen LogP contribution in [0, 0.1) is 27.7 Å². The Morgan fingerprint density at radius 1 is 1.06 bits per heavy atom. The van der Waals surface area contributed by atoms with Crippen LogP contribution in [-0.2, 0) is 11.3 Å². The van der Waals surface area contributed by atoms with Gasteiger partial charge in [0.05, 0.1) is 0 Å². The molecule has 1 unspecified atom stereocenters. The molecule has 0 bridgehead atoms. The van der Waals surface area contributed by atoms with Crippen LogP contribution in [0.5, 0.6) is 17.2 Å². The summed E-state index contributed by atoms with van der Waals surface area (Å²) in [5.41, 5.74) is 6.13. The second kappa shape index (κ2) is 11.9. The van der Waals surface area contributed by atoms with Crippen LogP contribution in [0.25, 0.3) is 0 Å². The fraction of sp³-hybridized carbons (Fsp3) is 0.464. The van der Waals surface area contributed by atoms with Crippen LogP contribution in [0.1, 0.15) is 67.0 Å². The summed E-state index contributed by atoms with van der Waals surface area (Å²) in [6, 6.07) is 6.37. The van der Waals surface area contributed by atoms with Gasteiger partial charge < -0.3 is 19.5 Å². The molecule has 0 amide bonds. The normalized spacial score (nSPS) is 11.9. The second-order valence-electron chi connectivity index (χ2n) is 8.96. The summed E-state index contributed by atoms with van der Waals surface area (Å²) in [4.78, 5) is 11.7. The van der Waals surface area contributed by atoms with Crippen molar-refractivity contribution in [1.82, 2.24) is 5.32 Å². The smallest absolute Gasteiger partial charge is 0.308 e. The van der Waals surface area contributed by atoms with E-state index in [1.54, 1.807) is 6.08 Å². The first kappa shape index (κ1) is 26.5. The Hall–Kier alpha value is -2.79. The summed E-state index contributed by atoms with van der Waals surface area (Å²) in [5, 5.41) is 3.50. The first-order valence-electron chi connectivity index (χ1n) is 11.6. The Morgan fingerprint density at radius 3 is 2.33 bits per heavy atom. The monoisotopic (exact) mass is 453 g/mol. The zero-order valence-corrected chi connectivity index (χ0v) is 21.4. The minimum atomic E-state index is -0.333. The quantitative estimate of drug-likeness (QED) is 0.253. The average molecular weight is 454 g/mol. The Bertz CT molecular complexity index is 994. The molecular formula is C28H39NO4. The number of benzene rings is 2. The van der Waals surface area contributed by atoms with E-state index in [1.807, 2.05) is 20.8 Å². The van der Waals surface area contributed by atoms with E-state index in [4.69, 9.17) is 14.2 Å². The molecular weight excluding hydrogens is 414 g/mol. The molecule has 2 aromatic rings. The molecule has 0 heterocycles. The van der Waals surface area contributed by atoms with Gasteiger partial charge in [0, 0.05) is 31.1 Å². The van der Waals surface area contributed by atoms with Crippen molar-refractivity contribution in [3.05, 3.63) is 64.2 Å². The molecule has 0 fully saturated rings. The Kier molecular flexibility index (Phi) is 9.54. The van der Waals surface area contributed by atoms with Gasteiger partial charge in [-0.25, -0.2) is 0 Å². The molecule has 0 aromatic heterocycles. The fourth-order valence-electron chi connectivity index (χ4n) is 3.88. The zero-order valence-electron chi connectivity index (χ0n) is 21.4. The number of nitrogens with one attached hydrogen (secondary N) is 1. The van der Waals surface area contributed by atoms with Gasteiger partial charge in [-0.3, -0.25) is 4.79 Å². The van der Waals surface area contributed by atoms with Crippen molar-refractivity contribution in [3.63, 3.8) is 0 Å². The molecule has 2 rings (SSSR count). The molecule has 0 saturated heterocycles. The molecule has 180 valence electrons. The van der Waals surface area contributed by atoms with Crippen LogP contribution in [0.4, 0.5) is 0 Å². The molecule has 0 saturated carbocycles. The van der Waals surface area contributed by atoms with E-state index in [0.717, 1.165) is 33.8 Å². The molecule has 5 nitrogen and oxygen atoms in total. The van der Waals surface area contributed by atoms with E-state index in [1.165, 1.54) is 18.1 Å². The van der Waals surface area contributed by atoms with Crippen LogP contribution in [0.15, 0.2) is 30.9 Å². The molecule has 0 aliphatic rings. The SMILES string of the molecule is C=CCOc1c(C)c(C)c(OC(C)=O)c(C)c1CNCC(C)Oc1cc(C)ccc1C(C)C. The first-order chi connectivity index (χ1) is 15.6. The van der Waals surface area contributed by atoms with Gasteiger partial charge in [-0.1, -0.05) is 38.6 Å². The first-order valence-corrected chi connectivity index (χ1v) is 11.6. The van der Waals surface area contributed by atoms with Gasteiger partial charge in [0.15, 0.2) is 0 Å². The van der Waals surface area contributed by atoms with Gasteiger partial charge in [-0.15, -0.1) is 0 Å². The van der Waals surface area contributed by atoms with Gasteiger partial charge in [0.2, 0.25) is 0 Å². The van der Waals surface area contributed by atoms with Gasteiger partial charge in [-0.2, -0.15) is 0 Å². The number of ether oxygens (including phenoxy) is 3. The lowest BCUT2D eigenvalue weighted by Crippen LogP contribution is -2.29. The van der Waals surface area contributed by atoms with Crippen molar-refractivity contribution in [2.24, 2.45) is 0 Å². The van der Waals surface area contributed by atoms with Crippen molar-refractivity contribution in [1.29, 1.82) is 0 Å². The van der Waals surface area contributed by atoms with Gasteiger partial charge >= 0.3 is 5.97 Å². The Morgan fingerprint density at radius 2 is 1.73 bits per heavy atom. The summed E-state index contributed by atoms with van der Waals surface area (Å²) in [5.74, 6) is 2.41. The van der Waals surface area contributed by atoms with Gasteiger partial charge in [0.1, 0.15) is 30.0 Å². The lowest BCUT2D eigenvalue weighted by molar-refractivity contribution is -0.131. The topological polar surface area (TPSA) is 56.8 Å². The number of carbonyl (C=O) groups is 1. The average Bonchev–Trinajstić information content (AvgIpc) is 2.74.